The van der Waals surface area contributed by atoms with Crippen LogP contribution in [0.1, 0.15) is 11.1 Å². The largest absolute Gasteiger partial charge is 0.326 e. The van der Waals surface area contributed by atoms with Gasteiger partial charge in [0.25, 0.3) is 0 Å². The second-order valence-corrected chi connectivity index (χ2v) is 5.32. The van der Waals surface area contributed by atoms with Crippen molar-refractivity contribution in [2.24, 2.45) is 0 Å². The minimum absolute atomic E-state index is 0.200. The minimum atomic E-state index is -0.200. The number of halogens is 2. The Balaban J connectivity index is 2.05. The molecule has 92 valence electrons. The SMILES string of the molecule is Cc1cc(N2CCc3ccc(F)cc32)ncc1Br. The van der Waals surface area contributed by atoms with Crippen LogP contribution in [0.5, 0.6) is 0 Å². The second-order valence-electron chi connectivity index (χ2n) is 4.47. The highest BCUT2D eigenvalue weighted by atomic mass is 79.9. The highest BCUT2D eigenvalue weighted by molar-refractivity contribution is 9.10. The molecule has 0 bridgehead atoms. The summed E-state index contributed by atoms with van der Waals surface area (Å²) in [5.41, 5.74) is 3.24. The van der Waals surface area contributed by atoms with Gasteiger partial charge >= 0.3 is 0 Å². The third kappa shape index (κ3) is 1.90. The lowest BCUT2D eigenvalue weighted by Gasteiger charge is -2.19. The molecule has 1 aromatic heterocycles. The summed E-state index contributed by atoms with van der Waals surface area (Å²) >= 11 is 3.44. The number of aromatic nitrogens is 1. The maximum atomic E-state index is 13.3. The summed E-state index contributed by atoms with van der Waals surface area (Å²) in [6.07, 6.45) is 2.73. The van der Waals surface area contributed by atoms with E-state index in [2.05, 4.69) is 25.8 Å². The van der Waals surface area contributed by atoms with Crippen molar-refractivity contribution in [1.82, 2.24) is 4.98 Å². The van der Waals surface area contributed by atoms with Gasteiger partial charge in [-0.1, -0.05) is 6.07 Å². The van der Waals surface area contributed by atoms with E-state index in [1.807, 2.05) is 19.1 Å². The summed E-state index contributed by atoms with van der Waals surface area (Å²) in [6, 6.07) is 6.98. The van der Waals surface area contributed by atoms with Gasteiger partial charge in [0, 0.05) is 22.9 Å². The molecule has 2 nitrogen and oxygen atoms in total. The zero-order valence-corrected chi connectivity index (χ0v) is 11.5. The molecule has 0 radical (unpaired) electrons. The monoisotopic (exact) mass is 306 g/mol. The Morgan fingerprint density at radius 3 is 2.94 bits per heavy atom. The number of fused-ring (bicyclic) bond motifs is 1. The molecule has 18 heavy (non-hydrogen) atoms. The van der Waals surface area contributed by atoms with Crippen molar-refractivity contribution in [1.29, 1.82) is 0 Å². The Kier molecular flexibility index (Phi) is 2.82. The molecular weight excluding hydrogens is 295 g/mol. The normalized spacial score (nSPS) is 13.8. The first-order valence-corrected chi connectivity index (χ1v) is 6.62. The van der Waals surface area contributed by atoms with Crippen molar-refractivity contribution in [2.45, 2.75) is 13.3 Å². The van der Waals surface area contributed by atoms with E-state index < -0.39 is 0 Å². The van der Waals surface area contributed by atoms with Gasteiger partial charge in [0.15, 0.2) is 0 Å². The van der Waals surface area contributed by atoms with E-state index in [9.17, 15) is 4.39 Å². The number of aryl methyl sites for hydroxylation is 1. The van der Waals surface area contributed by atoms with Crippen LogP contribution in [0.3, 0.4) is 0 Å². The van der Waals surface area contributed by atoms with Gasteiger partial charge in [0.2, 0.25) is 0 Å². The van der Waals surface area contributed by atoms with E-state index in [0.29, 0.717) is 0 Å². The summed E-state index contributed by atoms with van der Waals surface area (Å²) < 4.78 is 14.3. The molecule has 1 aliphatic rings. The van der Waals surface area contributed by atoms with Crippen molar-refractivity contribution in [3.8, 4) is 0 Å². The Bertz CT molecular complexity index is 613. The number of benzene rings is 1. The summed E-state index contributed by atoms with van der Waals surface area (Å²) in [6.45, 7) is 2.88. The van der Waals surface area contributed by atoms with E-state index in [1.54, 1.807) is 12.3 Å². The first-order chi connectivity index (χ1) is 8.65. The van der Waals surface area contributed by atoms with Crippen LogP contribution in [0.4, 0.5) is 15.9 Å². The molecule has 1 aromatic carbocycles. The molecule has 0 aliphatic carbocycles. The molecule has 3 rings (SSSR count). The Labute approximate surface area is 114 Å². The van der Waals surface area contributed by atoms with E-state index in [-0.39, 0.29) is 5.82 Å². The fourth-order valence-corrected chi connectivity index (χ4v) is 2.48. The average Bonchev–Trinajstić information content (AvgIpc) is 2.75. The van der Waals surface area contributed by atoms with Gasteiger partial charge in [-0.2, -0.15) is 0 Å². The number of rotatable bonds is 1. The molecule has 0 atom stereocenters. The molecule has 4 heteroatoms. The molecule has 1 aliphatic heterocycles. The number of anilines is 2. The summed E-state index contributed by atoms with van der Waals surface area (Å²) in [5.74, 6) is 0.675. The van der Waals surface area contributed by atoms with E-state index in [0.717, 1.165) is 34.5 Å². The van der Waals surface area contributed by atoms with Gasteiger partial charge in [-0.3, -0.25) is 0 Å². The minimum Gasteiger partial charge on any atom is -0.326 e. The number of hydrogen-bond donors (Lipinski definition) is 0. The summed E-state index contributed by atoms with van der Waals surface area (Å²) in [5, 5.41) is 0. The first kappa shape index (κ1) is 11.7. The van der Waals surface area contributed by atoms with E-state index in [4.69, 9.17) is 0 Å². The highest BCUT2D eigenvalue weighted by Crippen LogP contribution is 2.34. The van der Waals surface area contributed by atoms with E-state index in [1.165, 1.54) is 11.6 Å². The lowest BCUT2D eigenvalue weighted by atomic mass is 10.2. The van der Waals surface area contributed by atoms with Crippen LogP contribution in [-0.4, -0.2) is 11.5 Å². The van der Waals surface area contributed by atoms with Gasteiger partial charge in [-0.05, 0) is 58.6 Å². The van der Waals surface area contributed by atoms with E-state index >= 15 is 0 Å². The fourth-order valence-electron chi connectivity index (χ4n) is 2.26. The topological polar surface area (TPSA) is 16.1 Å². The molecule has 2 aromatic rings. The van der Waals surface area contributed by atoms with Gasteiger partial charge < -0.3 is 4.90 Å². The molecule has 0 saturated carbocycles. The smallest absolute Gasteiger partial charge is 0.133 e. The number of nitrogens with zero attached hydrogens (tertiary/aromatic N) is 2. The number of hydrogen-bond acceptors (Lipinski definition) is 2. The Hall–Kier alpha value is -1.42. The number of pyridine rings is 1. The van der Waals surface area contributed by atoms with Crippen LogP contribution >= 0.6 is 15.9 Å². The van der Waals surface area contributed by atoms with Gasteiger partial charge in [0.1, 0.15) is 11.6 Å². The molecule has 2 heterocycles. The third-order valence-electron chi connectivity index (χ3n) is 3.25. The van der Waals surface area contributed by atoms with Crippen molar-refractivity contribution in [3.63, 3.8) is 0 Å². The molecule has 0 N–H and O–H groups in total. The Morgan fingerprint density at radius 2 is 2.17 bits per heavy atom. The maximum absolute atomic E-state index is 13.3. The van der Waals surface area contributed by atoms with Crippen molar-refractivity contribution in [2.75, 3.05) is 11.4 Å². The zero-order valence-electron chi connectivity index (χ0n) is 9.95. The molecule has 0 amide bonds. The van der Waals surface area contributed by atoms with Crippen molar-refractivity contribution in [3.05, 3.63) is 51.9 Å². The predicted molar refractivity (Wildman–Crippen MR) is 73.8 cm³/mol. The lowest BCUT2D eigenvalue weighted by molar-refractivity contribution is 0.628. The summed E-state index contributed by atoms with van der Waals surface area (Å²) in [4.78, 5) is 6.47. The standard InChI is InChI=1S/C14H12BrFN2/c1-9-6-14(17-8-12(9)15)18-5-4-10-2-3-11(16)7-13(10)18/h2-3,6-8H,4-5H2,1H3. The molecule has 0 fully saturated rings. The second kappa shape index (κ2) is 4.35. The van der Waals surface area contributed by atoms with Gasteiger partial charge in [-0.15, -0.1) is 0 Å². The van der Waals surface area contributed by atoms with Gasteiger partial charge in [-0.25, -0.2) is 9.37 Å². The van der Waals surface area contributed by atoms with Crippen LogP contribution in [0, 0.1) is 12.7 Å². The predicted octanol–water partition coefficient (Wildman–Crippen LogP) is 3.99. The molecular formula is C14H12BrFN2. The van der Waals surface area contributed by atoms with Crippen LogP contribution in [0.2, 0.25) is 0 Å². The third-order valence-corrected chi connectivity index (χ3v) is 4.08. The molecule has 0 spiro atoms. The van der Waals surface area contributed by atoms with Crippen LogP contribution in [0.15, 0.2) is 34.9 Å². The Morgan fingerprint density at radius 1 is 1.33 bits per heavy atom. The summed E-state index contributed by atoms with van der Waals surface area (Å²) in [7, 11) is 0. The lowest BCUT2D eigenvalue weighted by Crippen LogP contribution is -2.15. The first-order valence-electron chi connectivity index (χ1n) is 5.83. The van der Waals surface area contributed by atoms with Gasteiger partial charge in [0.05, 0.1) is 0 Å². The van der Waals surface area contributed by atoms with Crippen molar-refractivity contribution < 1.29 is 4.39 Å². The molecule has 0 saturated heterocycles. The quantitative estimate of drug-likeness (QED) is 0.792. The van der Waals surface area contributed by atoms with Crippen LogP contribution in [-0.2, 0) is 6.42 Å². The zero-order chi connectivity index (χ0) is 12.7. The maximum Gasteiger partial charge on any atom is 0.133 e. The fraction of sp³-hybridized carbons (Fsp3) is 0.214. The van der Waals surface area contributed by atoms with Crippen molar-refractivity contribution >= 4 is 27.4 Å². The van der Waals surface area contributed by atoms with Crippen LogP contribution < -0.4 is 4.90 Å². The average molecular weight is 307 g/mol. The molecule has 0 unspecified atom stereocenters. The van der Waals surface area contributed by atoms with Crippen LogP contribution in [0.25, 0.3) is 0 Å². The highest BCUT2D eigenvalue weighted by Gasteiger charge is 2.22.